The van der Waals surface area contributed by atoms with Crippen molar-refractivity contribution in [2.45, 2.75) is 36.6 Å². The van der Waals surface area contributed by atoms with E-state index in [4.69, 9.17) is 0 Å². The molecule has 7 heteroatoms. The third-order valence-corrected chi connectivity index (χ3v) is 6.19. The number of sulfonamides is 1. The molecule has 0 aliphatic heterocycles. The molecule has 1 fully saturated rings. The van der Waals surface area contributed by atoms with E-state index < -0.39 is 10.0 Å². The molecule has 112 valence electrons. The minimum absolute atomic E-state index is 0.339. The predicted molar refractivity (Wildman–Crippen MR) is 84.0 cm³/mol. The van der Waals surface area contributed by atoms with E-state index in [1.807, 2.05) is 12.3 Å². The fourth-order valence-electron chi connectivity index (χ4n) is 1.92. The normalized spacial score (nSPS) is 15.1. The maximum atomic E-state index is 12.4. The summed E-state index contributed by atoms with van der Waals surface area (Å²) in [5.74, 6) is 0. The number of anilines is 1. The summed E-state index contributed by atoms with van der Waals surface area (Å²) in [6, 6.07) is 4.01. The van der Waals surface area contributed by atoms with E-state index in [9.17, 15) is 8.42 Å². The zero-order valence-electron chi connectivity index (χ0n) is 11.7. The highest BCUT2D eigenvalue weighted by atomic mass is 32.2. The first-order valence-electron chi connectivity index (χ1n) is 6.79. The number of nitrogens with one attached hydrogen (secondary N) is 2. The third-order valence-electron chi connectivity index (χ3n) is 3.33. The van der Waals surface area contributed by atoms with E-state index >= 15 is 0 Å². The van der Waals surface area contributed by atoms with Crippen LogP contribution in [0.15, 0.2) is 34.1 Å². The largest absolute Gasteiger partial charge is 0.310 e. The van der Waals surface area contributed by atoms with Crippen LogP contribution in [0.2, 0.25) is 0 Å². The molecule has 1 saturated carbocycles. The van der Waals surface area contributed by atoms with E-state index in [0.717, 1.165) is 17.7 Å². The third kappa shape index (κ3) is 3.61. The average Bonchev–Trinajstić information content (AvgIpc) is 3.15. The molecule has 0 radical (unpaired) electrons. The van der Waals surface area contributed by atoms with Crippen LogP contribution in [0.5, 0.6) is 0 Å². The molecule has 1 aliphatic rings. The van der Waals surface area contributed by atoms with Crippen molar-refractivity contribution in [2.24, 2.45) is 0 Å². The van der Waals surface area contributed by atoms with Crippen molar-refractivity contribution >= 4 is 27.0 Å². The van der Waals surface area contributed by atoms with Crippen molar-refractivity contribution < 1.29 is 8.42 Å². The minimum Gasteiger partial charge on any atom is -0.310 e. The van der Waals surface area contributed by atoms with Crippen LogP contribution in [0.1, 0.15) is 24.0 Å². The lowest BCUT2D eigenvalue weighted by Gasteiger charge is -2.08. The number of hydrogen-bond acceptors (Lipinski definition) is 5. The summed E-state index contributed by atoms with van der Waals surface area (Å²) in [6.07, 6.45) is 5.65. The summed E-state index contributed by atoms with van der Waals surface area (Å²) < 4.78 is 27.7. The second kappa shape index (κ2) is 5.75. The molecule has 3 rings (SSSR count). The second-order valence-electron chi connectivity index (χ2n) is 5.23. The first kappa shape index (κ1) is 14.5. The van der Waals surface area contributed by atoms with Crippen molar-refractivity contribution in [3.8, 4) is 0 Å². The highest BCUT2D eigenvalue weighted by Gasteiger charge is 2.21. The first-order chi connectivity index (χ1) is 10.0. The monoisotopic (exact) mass is 323 g/mol. The summed E-state index contributed by atoms with van der Waals surface area (Å²) in [5.41, 5.74) is 2.38. The molecule has 21 heavy (non-hydrogen) atoms. The van der Waals surface area contributed by atoms with Crippen molar-refractivity contribution in [3.63, 3.8) is 0 Å². The van der Waals surface area contributed by atoms with Gasteiger partial charge in [-0.05, 0) is 48.4 Å². The topological polar surface area (TPSA) is 71.1 Å². The zero-order valence-corrected chi connectivity index (χ0v) is 13.3. The Bertz CT molecular complexity index is 736. The Morgan fingerprint density at radius 2 is 2.24 bits per heavy atom. The molecule has 0 saturated heterocycles. The van der Waals surface area contributed by atoms with E-state index in [-0.39, 0.29) is 0 Å². The van der Waals surface area contributed by atoms with Crippen LogP contribution in [0.4, 0.5) is 5.69 Å². The smallest absolute Gasteiger partial charge is 0.271 e. The van der Waals surface area contributed by atoms with Gasteiger partial charge in [-0.3, -0.25) is 9.71 Å². The Hall–Kier alpha value is -1.44. The van der Waals surface area contributed by atoms with Gasteiger partial charge in [0, 0.05) is 25.0 Å². The molecule has 0 spiro atoms. The zero-order chi connectivity index (χ0) is 14.9. The Labute approximate surface area is 128 Å². The van der Waals surface area contributed by atoms with Crippen LogP contribution in [0, 0.1) is 6.92 Å². The highest BCUT2D eigenvalue weighted by molar-refractivity contribution is 7.94. The lowest BCUT2D eigenvalue weighted by Crippen LogP contribution is -2.15. The molecule has 0 bridgehead atoms. The Balaban J connectivity index is 1.73. The Morgan fingerprint density at radius 3 is 2.95 bits per heavy atom. The van der Waals surface area contributed by atoms with E-state index in [1.54, 1.807) is 24.5 Å². The number of thiophene rings is 1. The predicted octanol–water partition coefficient (Wildman–Crippen LogP) is 2.50. The summed E-state index contributed by atoms with van der Waals surface area (Å²) in [5, 5.41) is 5.27. The van der Waals surface area contributed by atoms with E-state index in [2.05, 4.69) is 15.0 Å². The van der Waals surface area contributed by atoms with Gasteiger partial charge in [0.25, 0.3) is 10.0 Å². The standard InChI is InChI=1S/C14H17N3O2S2/c1-10-7-15-5-4-13(10)17-21(18,19)14-6-11(9-20-14)8-16-12-2-3-12/h4-7,9,12,16H,2-3,8H2,1H3,(H,15,17). The summed E-state index contributed by atoms with van der Waals surface area (Å²) >= 11 is 1.25. The van der Waals surface area contributed by atoms with Crippen LogP contribution >= 0.6 is 11.3 Å². The van der Waals surface area contributed by atoms with Gasteiger partial charge in [0.05, 0.1) is 5.69 Å². The van der Waals surface area contributed by atoms with Gasteiger partial charge in [0.2, 0.25) is 0 Å². The van der Waals surface area contributed by atoms with Crippen LogP contribution < -0.4 is 10.0 Å². The number of aromatic nitrogens is 1. The molecular formula is C14H17N3O2S2. The van der Waals surface area contributed by atoms with Crippen LogP contribution in [0.25, 0.3) is 0 Å². The summed E-state index contributed by atoms with van der Waals surface area (Å²) in [4.78, 5) is 3.96. The molecule has 2 aromatic rings. The van der Waals surface area contributed by atoms with Gasteiger partial charge in [-0.25, -0.2) is 8.42 Å². The van der Waals surface area contributed by atoms with Crippen molar-refractivity contribution in [2.75, 3.05) is 4.72 Å². The number of aryl methyl sites for hydroxylation is 1. The second-order valence-corrected chi connectivity index (χ2v) is 8.05. The quantitative estimate of drug-likeness (QED) is 0.857. The molecule has 1 aliphatic carbocycles. The van der Waals surface area contributed by atoms with Gasteiger partial charge in [-0.1, -0.05) is 0 Å². The molecule has 2 heterocycles. The SMILES string of the molecule is Cc1cnccc1NS(=O)(=O)c1cc(CNC2CC2)cs1. The highest BCUT2D eigenvalue weighted by Crippen LogP contribution is 2.25. The fraction of sp³-hybridized carbons (Fsp3) is 0.357. The molecule has 0 aromatic carbocycles. The molecule has 0 amide bonds. The maximum absolute atomic E-state index is 12.4. The molecule has 2 N–H and O–H groups in total. The maximum Gasteiger partial charge on any atom is 0.271 e. The van der Waals surface area contributed by atoms with Crippen LogP contribution in [-0.4, -0.2) is 19.4 Å². The number of hydrogen-bond donors (Lipinski definition) is 2. The van der Waals surface area contributed by atoms with Gasteiger partial charge < -0.3 is 5.32 Å². The lowest BCUT2D eigenvalue weighted by molar-refractivity contribution is 0.603. The van der Waals surface area contributed by atoms with E-state index in [0.29, 0.717) is 15.9 Å². The van der Waals surface area contributed by atoms with Crippen molar-refractivity contribution in [3.05, 3.63) is 41.0 Å². The average molecular weight is 323 g/mol. The molecule has 2 aromatic heterocycles. The van der Waals surface area contributed by atoms with Gasteiger partial charge in [-0.15, -0.1) is 11.3 Å². The van der Waals surface area contributed by atoms with Gasteiger partial charge in [0.15, 0.2) is 0 Å². The molecule has 5 nitrogen and oxygen atoms in total. The number of nitrogens with zero attached hydrogens (tertiary/aromatic N) is 1. The van der Waals surface area contributed by atoms with Gasteiger partial charge in [-0.2, -0.15) is 0 Å². The first-order valence-corrected chi connectivity index (χ1v) is 9.15. The van der Waals surface area contributed by atoms with Crippen molar-refractivity contribution in [1.29, 1.82) is 0 Å². The number of rotatable bonds is 6. The van der Waals surface area contributed by atoms with Crippen LogP contribution in [0.3, 0.4) is 0 Å². The number of pyridine rings is 1. The summed E-state index contributed by atoms with van der Waals surface area (Å²) in [7, 11) is -3.52. The fourth-order valence-corrected chi connectivity index (χ4v) is 4.26. The Kier molecular flexibility index (Phi) is 3.97. The molecule has 0 unspecified atom stereocenters. The molecular weight excluding hydrogens is 306 g/mol. The molecule has 0 atom stereocenters. The minimum atomic E-state index is -3.52. The summed E-state index contributed by atoms with van der Waals surface area (Å²) in [6.45, 7) is 2.55. The van der Waals surface area contributed by atoms with Crippen molar-refractivity contribution in [1.82, 2.24) is 10.3 Å². The van der Waals surface area contributed by atoms with E-state index in [1.165, 1.54) is 24.2 Å². The van der Waals surface area contributed by atoms with Crippen LogP contribution in [-0.2, 0) is 16.6 Å². The van der Waals surface area contributed by atoms with Gasteiger partial charge >= 0.3 is 0 Å². The van der Waals surface area contributed by atoms with Gasteiger partial charge in [0.1, 0.15) is 4.21 Å². The Morgan fingerprint density at radius 1 is 1.43 bits per heavy atom. The lowest BCUT2D eigenvalue weighted by atomic mass is 10.3.